The summed E-state index contributed by atoms with van der Waals surface area (Å²) in [5, 5.41) is 0.945. The smallest absolute Gasteiger partial charge is 0.263 e. The molecule has 1 saturated heterocycles. The van der Waals surface area contributed by atoms with Gasteiger partial charge in [-0.3, -0.25) is 9.69 Å². The second-order valence-corrected chi connectivity index (χ2v) is 7.27. The average Bonchev–Trinajstić information content (AvgIpc) is 2.65. The molecule has 3 rings (SSSR count). The number of benzene rings is 2. The van der Waals surface area contributed by atoms with E-state index >= 15 is 0 Å². The van der Waals surface area contributed by atoms with Gasteiger partial charge in [-0.15, -0.1) is 0 Å². The highest BCUT2D eigenvalue weighted by atomic mass is 35.5. The molecule has 0 aliphatic carbocycles. The number of carbonyl (C=O) groups excluding carboxylic acids is 1. The van der Waals surface area contributed by atoms with E-state index in [4.69, 9.17) is 27.9 Å². The van der Waals surface area contributed by atoms with Crippen molar-refractivity contribution in [1.29, 1.82) is 0 Å². The molecule has 138 valence electrons. The van der Waals surface area contributed by atoms with Crippen molar-refractivity contribution in [3.05, 3.63) is 64.1 Å². The van der Waals surface area contributed by atoms with Gasteiger partial charge in [0.2, 0.25) is 0 Å². The quantitative estimate of drug-likeness (QED) is 0.767. The lowest BCUT2D eigenvalue weighted by Gasteiger charge is -2.36. The molecule has 26 heavy (non-hydrogen) atoms. The average molecular weight is 393 g/mol. The maximum atomic E-state index is 12.7. The Hall–Kier alpha value is -1.75. The first-order valence-electron chi connectivity index (χ1n) is 8.69. The maximum Gasteiger partial charge on any atom is 0.263 e. The van der Waals surface area contributed by atoms with Crippen molar-refractivity contribution in [3.63, 3.8) is 0 Å². The topological polar surface area (TPSA) is 32.8 Å². The lowest BCUT2D eigenvalue weighted by molar-refractivity contribution is -0.139. The van der Waals surface area contributed by atoms with Crippen molar-refractivity contribution in [2.75, 3.05) is 26.2 Å². The molecule has 1 heterocycles. The molecule has 1 amide bonds. The number of amides is 1. The summed E-state index contributed by atoms with van der Waals surface area (Å²) in [5.74, 6) is 0.454. The summed E-state index contributed by atoms with van der Waals surface area (Å²) in [4.78, 5) is 16.9. The predicted octanol–water partition coefficient (Wildman–Crippen LogP) is 4.11. The fourth-order valence-electron chi connectivity index (χ4n) is 3.04. The van der Waals surface area contributed by atoms with E-state index in [-0.39, 0.29) is 5.91 Å². The van der Waals surface area contributed by atoms with Gasteiger partial charge in [-0.05, 0) is 30.7 Å². The Balaban J connectivity index is 1.51. The van der Waals surface area contributed by atoms with Crippen LogP contribution < -0.4 is 4.74 Å². The van der Waals surface area contributed by atoms with Crippen LogP contribution in [0.4, 0.5) is 0 Å². The molecule has 0 saturated carbocycles. The minimum absolute atomic E-state index is 0.0182. The fraction of sp³-hybridized carbons (Fsp3) is 0.350. The van der Waals surface area contributed by atoms with Crippen LogP contribution in [0.2, 0.25) is 10.0 Å². The van der Waals surface area contributed by atoms with Gasteiger partial charge in [0.05, 0.1) is 5.02 Å². The summed E-state index contributed by atoms with van der Waals surface area (Å²) < 4.78 is 5.74. The molecule has 0 N–H and O–H groups in total. The van der Waals surface area contributed by atoms with Gasteiger partial charge in [0.15, 0.2) is 6.10 Å². The highest BCUT2D eigenvalue weighted by molar-refractivity contribution is 6.35. The highest BCUT2D eigenvalue weighted by Crippen LogP contribution is 2.28. The van der Waals surface area contributed by atoms with E-state index in [1.54, 1.807) is 25.1 Å². The van der Waals surface area contributed by atoms with E-state index in [9.17, 15) is 4.79 Å². The first-order valence-corrected chi connectivity index (χ1v) is 9.45. The molecular formula is C20H22Cl2N2O2. The third-order valence-electron chi connectivity index (χ3n) is 4.48. The summed E-state index contributed by atoms with van der Waals surface area (Å²) in [6.07, 6.45) is -0.589. The normalized spacial score (nSPS) is 16.3. The zero-order chi connectivity index (χ0) is 18.5. The molecule has 1 aliphatic rings. The molecule has 0 bridgehead atoms. The first-order chi connectivity index (χ1) is 12.5. The van der Waals surface area contributed by atoms with Gasteiger partial charge in [-0.25, -0.2) is 0 Å². The lowest BCUT2D eigenvalue weighted by atomic mass is 10.2. The molecule has 4 nitrogen and oxygen atoms in total. The Morgan fingerprint density at radius 1 is 1.08 bits per heavy atom. The fourth-order valence-corrected chi connectivity index (χ4v) is 3.49. The Morgan fingerprint density at radius 2 is 1.77 bits per heavy atom. The van der Waals surface area contributed by atoms with Gasteiger partial charge in [0.25, 0.3) is 5.91 Å². The van der Waals surface area contributed by atoms with Crippen LogP contribution in [-0.2, 0) is 11.3 Å². The minimum Gasteiger partial charge on any atom is -0.479 e. The molecule has 1 atom stereocenters. The molecule has 2 aromatic rings. The van der Waals surface area contributed by atoms with Gasteiger partial charge < -0.3 is 9.64 Å². The van der Waals surface area contributed by atoms with Crippen LogP contribution in [-0.4, -0.2) is 48.0 Å². The number of ether oxygens (including phenoxy) is 1. The molecule has 2 aromatic carbocycles. The molecule has 1 fully saturated rings. The minimum atomic E-state index is -0.589. The summed E-state index contributed by atoms with van der Waals surface area (Å²) in [7, 11) is 0. The second-order valence-electron chi connectivity index (χ2n) is 6.42. The Kier molecular flexibility index (Phi) is 6.41. The Labute approximate surface area is 164 Å². The van der Waals surface area contributed by atoms with Crippen LogP contribution in [0.3, 0.4) is 0 Å². The zero-order valence-corrected chi connectivity index (χ0v) is 16.2. The molecular weight excluding hydrogens is 371 g/mol. The molecule has 0 radical (unpaired) electrons. The van der Waals surface area contributed by atoms with Gasteiger partial charge in [-0.1, -0.05) is 53.5 Å². The summed E-state index contributed by atoms with van der Waals surface area (Å²) in [5.41, 5.74) is 1.29. The third kappa shape index (κ3) is 4.91. The molecule has 6 heteroatoms. The van der Waals surface area contributed by atoms with Crippen LogP contribution in [0.1, 0.15) is 12.5 Å². The van der Waals surface area contributed by atoms with Crippen molar-refractivity contribution in [3.8, 4) is 5.75 Å². The van der Waals surface area contributed by atoms with E-state index in [1.807, 2.05) is 11.0 Å². The van der Waals surface area contributed by atoms with Crippen LogP contribution in [0, 0.1) is 0 Å². The van der Waals surface area contributed by atoms with Crippen molar-refractivity contribution in [1.82, 2.24) is 9.80 Å². The summed E-state index contributed by atoms with van der Waals surface area (Å²) >= 11 is 12.0. The molecule has 1 unspecified atom stereocenters. The van der Waals surface area contributed by atoms with Crippen LogP contribution in [0.25, 0.3) is 0 Å². The SMILES string of the molecule is CC(Oc1ccc(Cl)cc1Cl)C(=O)N1CCN(Cc2ccccc2)CC1. The standard InChI is InChI=1S/C20H22Cl2N2O2/c1-15(26-19-8-7-17(21)13-18(19)22)20(25)24-11-9-23(10-12-24)14-16-5-3-2-4-6-16/h2-8,13,15H,9-12,14H2,1H3. The molecule has 0 spiro atoms. The Bertz CT molecular complexity index is 747. The number of halogens is 2. The van der Waals surface area contributed by atoms with E-state index < -0.39 is 6.10 Å². The van der Waals surface area contributed by atoms with Gasteiger partial charge in [-0.2, -0.15) is 0 Å². The monoisotopic (exact) mass is 392 g/mol. The number of carbonyl (C=O) groups is 1. The van der Waals surface area contributed by atoms with E-state index in [1.165, 1.54) is 5.56 Å². The largest absolute Gasteiger partial charge is 0.479 e. The second kappa shape index (κ2) is 8.76. The van der Waals surface area contributed by atoms with E-state index in [2.05, 4.69) is 29.2 Å². The van der Waals surface area contributed by atoms with Crippen molar-refractivity contribution < 1.29 is 9.53 Å². The van der Waals surface area contributed by atoms with Gasteiger partial charge in [0, 0.05) is 37.7 Å². The van der Waals surface area contributed by atoms with Crippen LogP contribution in [0.5, 0.6) is 5.75 Å². The van der Waals surface area contributed by atoms with Gasteiger partial charge >= 0.3 is 0 Å². The highest BCUT2D eigenvalue weighted by Gasteiger charge is 2.26. The van der Waals surface area contributed by atoms with Gasteiger partial charge in [0.1, 0.15) is 5.75 Å². The number of hydrogen-bond acceptors (Lipinski definition) is 3. The molecule has 1 aliphatic heterocycles. The van der Waals surface area contributed by atoms with Crippen molar-refractivity contribution >= 4 is 29.1 Å². The van der Waals surface area contributed by atoms with Crippen LogP contribution in [0.15, 0.2) is 48.5 Å². The van der Waals surface area contributed by atoms with Crippen molar-refractivity contribution in [2.45, 2.75) is 19.6 Å². The number of piperazine rings is 1. The number of nitrogens with zero attached hydrogens (tertiary/aromatic N) is 2. The molecule has 0 aromatic heterocycles. The lowest BCUT2D eigenvalue weighted by Crippen LogP contribution is -2.51. The Morgan fingerprint density at radius 3 is 2.42 bits per heavy atom. The maximum absolute atomic E-state index is 12.7. The number of hydrogen-bond donors (Lipinski definition) is 0. The third-order valence-corrected chi connectivity index (χ3v) is 5.01. The summed E-state index contributed by atoms with van der Waals surface area (Å²) in [6, 6.07) is 15.4. The summed E-state index contributed by atoms with van der Waals surface area (Å²) in [6.45, 7) is 5.78. The van der Waals surface area contributed by atoms with E-state index in [0.717, 1.165) is 19.6 Å². The van der Waals surface area contributed by atoms with Crippen molar-refractivity contribution in [2.24, 2.45) is 0 Å². The first kappa shape index (κ1) is 19.0. The number of rotatable bonds is 5. The predicted molar refractivity (Wildman–Crippen MR) is 105 cm³/mol. The van der Waals surface area contributed by atoms with Crippen LogP contribution >= 0.6 is 23.2 Å². The van der Waals surface area contributed by atoms with E-state index in [0.29, 0.717) is 28.9 Å². The zero-order valence-electron chi connectivity index (χ0n) is 14.7.